The molecule has 0 saturated heterocycles. The van der Waals surface area contributed by atoms with Crippen LogP contribution in [0.4, 0.5) is 5.69 Å². The third kappa shape index (κ3) is 3.92. The molecule has 0 aliphatic carbocycles. The highest BCUT2D eigenvalue weighted by Gasteiger charge is 2.10. The predicted molar refractivity (Wildman–Crippen MR) is 99.8 cm³/mol. The molecule has 0 spiro atoms. The van der Waals surface area contributed by atoms with Gasteiger partial charge in [-0.15, -0.1) is 11.3 Å². The normalized spacial score (nSPS) is 11.1. The zero-order valence-corrected chi connectivity index (χ0v) is 14.5. The molecule has 1 heterocycles. The van der Waals surface area contributed by atoms with Gasteiger partial charge in [-0.1, -0.05) is 53.5 Å². The Balaban J connectivity index is 1.84. The summed E-state index contributed by atoms with van der Waals surface area (Å²) in [5.41, 5.74) is 5.38. The molecule has 2 aromatic carbocycles. The van der Waals surface area contributed by atoms with E-state index in [2.05, 4.69) is 21.6 Å². The number of hydrogen-bond donors (Lipinski definition) is 1. The maximum atomic E-state index is 9.34. The highest BCUT2D eigenvalue weighted by atomic mass is 35.5. The molecule has 0 saturated carbocycles. The second-order valence-electron chi connectivity index (χ2n) is 4.75. The van der Waals surface area contributed by atoms with Gasteiger partial charge >= 0.3 is 0 Å². The molecule has 0 radical (unpaired) electrons. The maximum Gasteiger partial charge on any atom is 0.196 e. The number of thiazole rings is 1. The van der Waals surface area contributed by atoms with Crippen LogP contribution < -0.4 is 5.43 Å². The number of nitrogens with zero attached hydrogens (tertiary/aromatic N) is 3. The maximum absolute atomic E-state index is 9.34. The van der Waals surface area contributed by atoms with Gasteiger partial charge in [0.05, 0.1) is 11.4 Å². The molecule has 0 aliphatic heterocycles. The Morgan fingerprint density at radius 2 is 1.83 bits per heavy atom. The Hall–Kier alpha value is -2.39. The van der Waals surface area contributed by atoms with E-state index in [-0.39, 0.29) is 5.71 Å². The second kappa shape index (κ2) is 7.45. The molecule has 118 valence electrons. The van der Waals surface area contributed by atoms with Crippen LogP contribution in [-0.2, 0) is 0 Å². The van der Waals surface area contributed by atoms with E-state index in [1.165, 1.54) is 11.3 Å². The zero-order chi connectivity index (χ0) is 16.9. The number of hydrogen-bond acceptors (Lipinski definition) is 5. The van der Waals surface area contributed by atoms with Crippen molar-refractivity contribution in [2.75, 3.05) is 5.43 Å². The van der Waals surface area contributed by atoms with Crippen molar-refractivity contribution in [2.45, 2.75) is 0 Å². The van der Waals surface area contributed by atoms with E-state index in [1.54, 1.807) is 18.2 Å². The molecule has 0 atom stereocenters. The molecule has 1 aromatic heterocycles. The van der Waals surface area contributed by atoms with Crippen LogP contribution in [0.25, 0.3) is 11.3 Å². The molecule has 0 fully saturated rings. The topological polar surface area (TPSA) is 61.1 Å². The van der Waals surface area contributed by atoms with Crippen LogP contribution in [0, 0.1) is 11.3 Å². The van der Waals surface area contributed by atoms with Gasteiger partial charge in [0.25, 0.3) is 0 Å². The van der Waals surface area contributed by atoms with Crippen LogP contribution in [0.15, 0.2) is 59.0 Å². The highest BCUT2D eigenvalue weighted by molar-refractivity contribution is 7.12. The lowest BCUT2D eigenvalue weighted by atomic mass is 10.2. The summed E-state index contributed by atoms with van der Waals surface area (Å²) in [4.78, 5) is 4.47. The fourth-order valence-corrected chi connectivity index (χ4v) is 3.28. The van der Waals surface area contributed by atoms with Crippen LogP contribution in [0.2, 0.25) is 10.0 Å². The molecule has 1 N–H and O–H groups in total. The lowest BCUT2D eigenvalue weighted by Crippen LogP contribution is -2.01. The van der Waals surface area contributed by atoms with Crippen LogP contribution in [0.5, 0.6) is 0 Å². The van der Waals surface area contributed by atoms with Gasteiger partial charge in [0.15, 0.2) is 10.7 Å². The Bertz CT molecular complexity index is 909. The van der Waals surface area contributed by atoms with Crippen molar-refractivity contribution in [3.8, 4) is 17.3 Å². The Morgan fingerprint density at radius 1 is 1.12 bits per heavy atom. The van der Waals surface area contributed by atoms with Crippen LogP contribution in [0.3, 0.4) is 0 Å². The number of nitrogens with one attached hydrogen (secondary N) is 1. The standard InChI is InChI=1S/C17H10Cl2N4S/c18-12-6-13(19)8-14(7-12)22-23-15(9-20)17-21-16(10-24-17)11-4-2-1-3-5-11/h1-8,10,22H. The van der Waals surface area contributed by atoms with E-state index >= 15 is 0 Å². The zero-order valence-electron chi connectivity index (χ0n) is 12.2. The molecule has 3 rings (SSSR count). The first kappa shape index (κ1) is 16.5. The summed E-state index contributed by atoms with van der Waals surface area (Å²) in [5.74, 6) is 0. The van der Waals surface area contributed by atoms with Crippen molar-refractivity contribution >= 4 is 45.9 Å². The first-order valence-electron chi connectivity index (χ1n) is 6.87. The number of benzene rings is 2. The second-order valence-corrected chi connectivity index (χ2v) is 6.48. The van der Waals surface area contributed by atoms with Crippen molar-refractivity contribution in [3.63, 3.8) is 0 Å². The first-order chi connectivity index (χ1) is 11.7. The lowest BCUT2D eigenvalue weighted by molar-refractivity contribution is 1.31. The quantitative estimate of drug-likeness (QED) is 0.488. The first-order valence-corrected chi connectivity index (χ1v) is 8.50. The van der Waals surface area contributed by atoms with Crippen molar-refractivity contribution in [1.82, 2.24) is 4.98 Å². The minimum absolute atomic E-state index is 0.193. The van der Waals surface area contributed by atoms with Gasteiger partial charge in [0, 0.05) is 21.0 Å². The summed E-state index contributed by atoms with van der Waals surface area (Å²) in [7, 11) is 0. The van der Waals surface area contributed by atoms with E-state index < -0.39 is 0 Å². The van der Waals surface area contributed by atoms with E-state index in [0.717, 1.165) is 11.3 Å². The number of aromatic nitrogens is 1. The summed E-state index contributed by atoms with van der Waals surface area (Å²) in [5, 5.41) is 16.9. The third-order valence-electron chi connectivity index (χ3n) is 3.04. The number of halogens is 2. The number of hydrazone groups is 1. The summed E-state index contributed by atoms with van der Waals surface area (Å²) >= 11 is 13.2. The smallest absolute Gasteiger partial charge is 0.196 e. The van der Waals surface area contributed by atoms with E-state index in [0.29, 0.717) is 20.7 Å². The Kier molecular flexibility index (Phi) is 5.11. The minimum Gasteiger partial charge on any atom is -0.277 e. The minimum atomic E-state index is 0.193. The fraction of sp³-hybridized carbons (Fsp3) is 0. The molecule has 24 heavy (non-hydrogen) atoms. The monoisotopic (exact) mass is 372 g/mol. The number of anilines is 1. The molecule has 0 bridgehead atoms. The third-order valence-corrected chi connectivity index (χ3v) is 4.33. The number of rotatable bonds is 4. The largest absolute Gasteiger partial charge is 0.277 e. The molecule has 0 aliphatic rings. The summed E-state index contributed by atoms with van der Waals surface area (Å²) < 4.78 is 0. The fourth-order valence-electron chi connectivity index (χ4n) is 1.98. The van der Waals surface area contributed by atoms with E-state index in [1.807, 2.05) is 35.7 Å². The molecule has 4 nitrogen and oxygen atoms in total. The molecule has 7 heteroatoms. The average molecular weight is 373 g/mol. The number of nitriles is 1. The van der Waals surface area contributed by atoms with Crippen LogP contribution in [0.1, 0.15) is 5.01 Å². The predicted octanol–water partition coefficient (Wildman–Crippen LogP) is 5.46. The van der Waals surface area contributed by atoms with E-state index in [9.17, 15) is 5.26 Å². The van der Waals surface area contributed by atoms with Crippen molar-refractivity contribution in [3.05, 3.63) is 69.0 Å². The SMILES string of the molecule is N#CC(=NNc1cc(Cl)cc(Cl)c1)c1nc(-c2ccccc2)cs1. The van der Waals surface area contributed by atoms with Crippen molar-refractivity contribution in [1.29, 1.82) is 5.26 Å². The summed E-state index contributed by atoms with van der Waals surface area (Å²) in [6.07, 6.45) is 0. The Labute approximate surface area is 153 Å². The van der Waals surface area contributed by atoms with Crippen LogP contribution >= 0.6 is 34.5 Å². The molecule has 0 unspecified atom stereocenters. The van der Waals surface area contributed by atoms with Crippen molar-refractivity contribution < 1.29 is 0 Å². The van der Waals surface area contributed by atoms with Gasteiger partial charge in [-0.05, 0) is 18.2 Å². The van der Waals surface area contributed by atoms with Crippen molar-refractivity contribution in [2.24, 2.45) is 5.10 Å². The highest BCUT2D eigenvalue weighted by Crippen LogP contribution is 2.24. The van der Waals surface area contributed by atoms with Gasteiger partial charge in [-0.25, -0.2) is 4.98 Å². The van der Waals surface area contributed by atoms with E-state index in [4.69, 9.17) is 23.2 Å². The van der Waals surface area contributed by atoms with Gasteiger partial charge in [-0.2, -0.15) is 10.4 Å². The molecule has 0 amide bonds. The van der Waals surface area contributed by atoms with Gasteiger partial charge < -0.3 is 0 Å². The lowest BCUT2D eigenvalue weighted by Gasteiger charge is -2.02. The van der Waals surface area contributed by atoms with Gasteiger partial charge in [0.2, 0.25) is 0 Å². The molecular weight excluding hydrogens is 363 g/mol. The molecule has 3 aromatic rings. The van der Waals surface area contributed by atoms with Gasteiger partial charge in [0.1, 0.15) is 6.07 Å². The summed E-state index contributed by atoms with van der Waals surface area (Å²) in [6.45, 7) is 0. The van der Waals surface area contributed by atoms with Gasteiger partial charge in [-0.3, -0.25) is 5.43 Å². The average Bonchev–Trinajstić information content (AvgIpc) is 3.05. The molecular formula is C17H10Cl2N4S. The Morgan fingerprint density at radius 3 is 2.50 bits per heavy atom. The van der Waals surface area contributed by atoms with Crippen LogP contribution in [-0.4, -0.2) is 10.7 Å². The summed E-state index contributed by atoms with van der Waals surface area (Å²) in [6, 6.07) is 16.8.